The van der Waals surface area contributed by atoms with Gasteiger partial charge in [-0.1, -0.05) is 12.1 Å². The molecule has 1 atom stereocenters. The predicted molar refractivity (Wildman–Crippen MR) is 72.4 cm³/mol. The van der Waals surface area contributed by atoms with Crippen LogP contribution in [0.5, 0.6) is 11.5 Å². The highest BCUT2D eigenvalue weighted by Gasteiger charge is 2.31. The fourth-order valence-electron chi connectivity index (χ4n) is 2.33. The number of carbonyl (C=O) groups excluding carboxylic acids is 2. The molecule has 0 radical (unpaired) electrons. The molecule has 20 heavy (non-hydrogen) atoms. The molecule has 6 nitrogen and oxygen atoms in total. The maximum Gasteiger partial charge on any atom is 0.319 e. The largest absolute Gasteiger partial charge is 0.504 e. The van der Waals surface area contributed by atoms with Crippen molar-refractivity contribution in [2.24, 2.45) is 0 Å². The van der Waals surface area contributed by atoms with Crippen molar-refractivity contribution in [1.29, 1.82) is 0 Å². The van der Waals surface area contributed by atoms with Gasteiger partial charge in [-0.05, 0) is 19.9 Å². The Balaban J connectivity index is 2.57. The Hall–Kier alpha value is -2.50. The number of phenols is 1. The number of allylic oxidation sites excluding steroid dienone is 1. The van der Waals surface area contributed by atoms with Crippen LogP contribution >= 0.6 is 0 Å². The molecular formula is C14H16N2O4. The Morgan fingerprint density at radius 2 is 2.10 bits per heavy atom. The third-order valence-corrected chi connectivity index (χ3v) is 3.21. The Kier molecular flexibility index (Phi) is 3.65. The maximum absolute atomic E-state index is 11.8. The smallest absolute Gasteiger partial charge is 0.319 e. The number of urea groups is 1. The van der Waals surface area contributed by atoms with Gasteiger partial charge in [0.05, 0.1) is 13.2 Å². The molecule has 0 aromatic heterocycles. The van der Waals surface area contributed by atoms with Crippen LogP contribution < -0.4 is 15.4 Å². The van der Waals surface area contributed by atoms with Gasteiger partial charge in [0.15, 0.2) is 17.3 Å². The second kappa shape index (κ2) is 5.24. The summed E-state index contributed by atoms with van der Waals surface area (Å²) in [5.41, 5.74) is 1.31. The molecule has 0 saturated carbocycles. The number of rotatable bonds is 3. The van der Waals surface area contributed by atoms with Crippen molar-refractivity contribution in [3.05, 3.63) is 35.0 Å². The summed E-state index contributed by atoms with van der Waals surface area (Å²) in [5.74, 6) is 0.0202. The van der Waals surface area contributed by atoms with Gasteiger partial charge in [-0.3, -0.25) is 4.79 Å². The van der Waals surface area contributed by atoms with Gasteiger partial charge >= 0.3 is 6.03 Å². The first-order valence-electron chi connectivity index (χ1n) is 6.10. The van der Waals surface area contributed by atoms with Gasteiger partial charge in [-0.2, -0.15) is 0 Å². The minimum absolute atomic E-state index is 0.0891. The normalized spacial score (nSPS) is 18.4. The van der Waals surface area contributed by atoms with E-state index in [4.69, 9.17) is 4.74 Å². The Labute approximate surface area is 116 Å². The van der Waals surface area contributed by atoms with Crippen molar-refractivity contribution < 1.29 is 19.4 Å². The standard InChI is InChI=1S/C14H16N2O4/c1-7-11(8(2)17)12(16-14(19)15-7)9-5-4-6-10(20-3)13(9)18/h4-6,12,18H,1-3H3,(H2,15,16,19). The minimum Gasteiger partial charge on any atom is -0.504 e. The lowest BCUT2D eigenvalue weighted by Crippen LogP contribution is -2.44. The molecule has 2 rings (SSSR count). The number of nitrogens with one attached hydrogen (secondary N) is 2. The number of ether oxygens (including phenoxy) is 1. The highest BCUT2D eigenvalue weighted by atomic mass is 16.5. The topological polar surface area (TPSA) is 87.7 Å². The SMILES string of the molecule is COc1cccc(C2NC(=O)NC(C)=C2C(C)=O)c1O. The number of phenolic OH excluding ortho intramolecular Hbond substituents is 1. The van der Waals surface area contributed by atoms with Crippen LogP contribution in [0, 0.1) is 0 Å². The first-order valence-corrected chi connectivity index (χ1v) is 6.10. The number of para-hydroxylation sites is 1. The first kappa shape index (κ1) is 13.9. The number of ketones is 1. The zero-order valence-corrected chi connectivity index (χ0v) is 11.5. The summed E-state index contributed by atoms with van der Waals surface area (Å²) in [7, 11) is 1.44. The van der Waals surface area contributed by atoms with E-state index in [0.29, 0.717) is 16.8 Å². The second-order valence-corrected chi connectivity index (χ2v) is 4.52. The van der Waals surface area contributed by atoms with E-state index < -0.39 is 12.1 Å². The van der Waals surface area contributed by atoms with Crippen LogP contribution in [-0.2, 0) is 4.79 Å². The Morgan fingerprint density at radius 1 is 1.40 bits per heavy atom. The Bertz CT molecular complexity index is 607. The average Bonchev–Trinajstić information content (AvgIpc) is 2.37. The van der Waals surface area contributed by atoms with E-state index in [9.17, 15) is 14.7 Å². The number of hydrogen-bond acceptors (Lipinski definition) is 4. The molecule has 0 saturated heterocycles. The lowest BCUT2D eigenvalue weighted by Gasteiger charge is -2.28. The van der Waals surface area contributed by atoms with Crippen LogP contribution in [0.1, 0.15) is 25.5 Å². The van der Waals surface area contributed by atoms with Gasteiger partial charge < -0.3 is 20.5 Å². The van der Waals surface area contributed by atoms with E-state index >= 15 is 0 Å². The molecule has 0 aliphatic carbocycles. The van der Waals surface area contributed by atoms with Gasteiger partial charge in [0, 0.05) is 16.8 Å². The summed E-state index contributed by atoms with van der Waals surface area (Å²) in [6.45, 7) is 3.07. The lowest BCUT2D eigenvalue weighted by atomic mass is 9.92. The number of Topliss-reactive ketones (excluding diaryl/α,β-unsaturated/α-hetero) is 1. The molecule has 0 bridgehead atoms. The van der Waals surface area contributed by atoms with Crippen molar-refractivity contribution in [3.8, 4) is 11.5 Å². The molecule has 2 amide bonds. The zero-order chi connectivity index (χ0) is 14.9. The third kappa shape index (κ3) is 2.32. The maximum atomic E-state index is 11.8. The highest BCUT2D eigenvalue weighted by molar-refractivity contribution is 5.98. The summed E-state index contributed by atoms with van der Waals surface area (Å²) >= 11 is 0. The number of benzene rings is 1. The van der Waals surface area contributed by atoms with Crippen molar-refractivity contribution in [2.45, 2.75) is 19.9 Å². The minimum atomic E-state index is -0.698. The van der Waals surface area contributed by atoms with Gasteiger partial charge in [-0.15, -0.1) is 0 Å². The predicted octanol–water partition coefficient (Wildman–Crippen LogP) is 1.62. The van der Waals surface area contributed by atoms with Crippen LogP contribution in [0.3, 0.4) is 0 Å². The number of carbonyl (C=O) groups is 2. The monoisotopic (exact) mass is 276 g/mol. The van der Waals surface area contributed by atoms with Crippen molar-refractivity contribution >= 4 is 11.8 Å². The van der Waals surface area contributed by atoms with Crippen LogP contribution in [0.2, 0.25) is 0 Å². The van der Waals surface area contributed by atoms with Crippen LogP contribution in [0.4, 0.5) is 4.79 Å². The summed E-state index contributed by atoms with van der Waals surface area (Å²) in [5, 5.41) is 15.4. The number of amides is 2. The first-order chi connectivity index (χ1) is 9.45. The molecule has 1 aromatic carbocycles. The molecule has 1 aromatic rings. The lowest BCUT2D eigenvalue weighted by molar-refractivity contribution is -0.114. The highest BCUT2D eigenvalue weighted by Crippen LogP contribution is 2.37. The molecule has 1 unspecified atom stereocenters. The molecule has 106 valence electrons. The molecule has 6 heteroatoms. The fourth-order valence-corrected chi connectivity index (χ4v) is 2.33. The summed E-state index contributed by atoms with van der Waals surface area (Å²) in [4.78, 5) is 23.4. The molecule has 1 aliphatic rings. The molecule has 1 aliphatic heterocycles. The summed E-state index contributed by atoms with van der Waals surface area (Å²) in [6.07, 6.45) is 0. The van der Waals surface area contributed by atoms with E-state index in [-0.39, 0.29) is 17.3 Å². The van der Waals surface area contributed by atoms with Crippen LogP contribution in [-0.4, -0.2) is 24.0 Å². The van der Waals surface area contributed by atoms with Crippen molar-refractivity contribution in [2.75, 3.05) is 7.11 Å². The van der Waals surface area contributed by atoms with Crippen LogP contribution in [0.25, 0.3) is 0 Å². The molecule has 1 heterocycles. The molecular weight excluding hydrogens is 260 g/mol. The Morgan fingerprint density at radius 3 is 2.70 bits per heavy atom. The van der Waals surface area contributed by atoms with Crippen LogP contribution in [0.15, 0.2) is 29.5 Å². The summed E-state index contributed by atoms with van der Waals surface area (Å²) < 4.78 is 5.05. The quantitative estimate of drug-likeness (QED) is 0.782. The van der Waals surface area contributed by atoms with Gasteiger partial charge in [0.1, 0.15) is 0 Å². The van der Waals surface area contributed by atoms with E-state index in [1.807, 2.05) is 0 Å². The van der Waals surface area contributed by atoms with Crippen molar-refractivity contribution in [3.63, 3.8) is 0 Å². The molecule has 0 spiro atoms. The zero-order valence-electron chi connectivity index (χ0n) is 11.5. The summed E-state index contributed by atoms with van der Waals surface area (Å²) in [6, 6.07) is 3.82. The molecule has 0 fully saturated rings. The van der Waals surface area contributed by atoms with Gasteiger partial charge in [-0.25, -0.2) is 4.79 Å². The third-order valence-electron chi connectivity index (χ3n) is 3.21. The molecule has 3 N–H and O–H groups in total. The fraction of sp³-hybridized carbons (Fsp3) is 0.286. The van der Waals surface area contributed by atoms with E-state index in [1.54, 1.807) is 25.1 Å². The van der Waals surface area contributed by atoms with Crippen molar-refractivity contribution in [1.82, 2.24) is 10.6 Å². The number of methoxy groups -OCH3 is 1. The number of hydrogen-bond donors (Lipinski definition) is 3. The average molecular weight is 276 g/mol. The number of aromatic hydroxyl groups is 1. The van der Waals surface area contributed by atoms with E-state index in [2.05, 4.69) is 10.6 Å². The van der Waals surface area contributed by atoms with Gasteiger partial charge in [0.25, 0.3) is 0 Å². The van der Waals surface area contributed by atoms with E-state index in [0.717, 1.165) is 0 Å². The van der Waals surface area contributed by atoms with Gasteiger partial charge in [0.2, 0.25) is 0 Å². The second-order valence-electron chi connectivity index (χ2n) is 4.52. The van der Waals surface area contributed by atoms with E-state index in [1.165, 1.54) is 14.0 Å².